The number of hydrogen-bond donors (Lipinski definition) is 1. The van der Waals surface area contributed by atoms with Crippen LogP contribution in [-0.2, 0) is 16.9 Å². The van der Waals surface area contributed by atoms with Crippen molar-refractivity contribution in [2.24, 2.45) is 7.05 Å². The normalized spacial score (nSPS) is 11.6. The van der Waals surface area contributed by atoms with E-state index in [-0.39, 0.29) is 5.75 Å². The standard InChI is InChI=1S/C12H14FN3O3S/c1-16-12(14)8(6-15-16)7-4-9(13)11(20(3,17)18)10(5-7)19-2/h4-6H,14H2,1-3H3. The van der Waals surface area contributed by atoms with Gasteiger partial charge >= 0.3 is 0 Å². The topological polar surface area (TPSA) is 87.2 Å². The predicted octanol–water partition coefficient (Wildman–Crippen LogP) is 1.22. The molecular weight excluding hydrogens is 285 g/mol. The summed E-state index contributed by atoms with van der Waals surface area (Å²) < 4.78 is 43.7. The van der Waals surface area contributed by atoms with Crippen LogP contribution in [0.3, 0.4) is 0 Å². The average molecular weight is 299 g/mol. The molecule has 0 bridgehead atoms. The molecular formula is C12H14FN3O3S. The van der Waals surface area contributed by atoms with Crippen LogP contribution in [0.4, 0.5) is 10.2 Å². The van der Waals surface area contributed by atoms with Crippen LogP contribution < -0.4 is 10.5 Å². The van der Waals surface area contributed by atoms with Gasteiger partial charge in [-0.2, -0.15) is 5.10 Å². The van der Waals surface area contributed by atoms with Crippen LogP contribution in [0, 0.1) is 5.82 Å². The highest BCUT2D eigenvalue weighted by Gasteiger charge is 2.22. The van der Waals surface area contributed by atoms with Crippen molar-refractivity contribution in [3.63, 3.8) is 0 Å². The summed E-state index contributed by atoms with van der Waals surface area (Å²) in [6, 6.07) is 2.53. The van der Waals surface area contributed by atoms with Crippen LogP contribution >= 0.6 is 0 Å². The molecule has 0 atom stereocenters. The molecule has 0 aliphatic heterocycles. The third-order valence-electron chi connectivity index (χ3n) is 2.90. The molecule has 0 saturated heterocycles. The number of aromatic nitrogens is 2. The summed E-state index contributed by atoms with van der Waals surface area (Å²) in [5.74, 6) is -0.602. The highest BCUT2D eigenvalue weighted by atomic mass is 32.2. The molecule has 2 N–H and O–H groups in total. The van der Waals surface area contributed by atoms with Gasteiger partial charge < -0.3 is 10.5 Å². The van der Waals surface area contributed by atoms with Crippen molar-refractivity contribution >= 4 is 15.7 Å². The SMILES string of the molecule is COc1cc(-c2cnn(C)c2N)cc(F)c1S(C)(=O)=O. The number of nitrogens with zero attached hydrogens (tertiary/aromatic N) is 2. The number of aryl methyl sites for hydroxylation is 1. The Morgan fingerprint density at radius 2 is 2.05 bits per heavy atom. The molecule has 108 valence electrons. The largest absolute Gasteiger partial charge is 0.495 e. The molecule has 1 aromatic heterocycles. The van der Waals surface area contributed by atoms with E-state index in [9.17, 15) is 12.8 Å². The number of nitrogens with two attached hydrogens (primary N) is 1. The van der Waals surface area contributed by atoms with Gasteiger partial charge in [0.15, 0.2) is 9.84 Å². The van der Waals surface area contributed by atoms with Gasteiger partial charge in [-0.3, -0.25) is 4.68 Å². The van der Waals surface area contributed by atoms with Crippen molar-refractivity contribution in [1.82, 2.24) is 9.78 Å². The van der Waals surface area contributed by atoms with E-state index < -0.39 is 20.5 Å². The molecule has 8 heteroatoms. The Bertz CT molecular complexity index is 768. The lowest BCUT2D eigenvalue weighted by Crippen LogP contribution is -2.05. The molecule has 2 rings (SSSR count). The first-order chi connectivity index (χ1) is 9.25. The quantitative estimate of drug-likeness (QED) is 0.920. The fourth-order valence-corrected chi connectivity index (χ4v) is 2.83. The third kappa shape index (κ3) is 2.34. The number of rotatable bonds is 3. The van der Waals surface area contributed by atoms with Crippen LogP contribution in [0.15, 0.2) is 23.2 Å². The lowest BCUT2D eigenvalue weighted by Gasteiger charge is -2.10. The fourth-order valence-electron chi connectivity index (χ4n) is 1.90. The van der Waals surface area contributed by atoms with E-state index in [2.05, 4.69) is 5.10 Å². The molecule has 1 heterocycles. The summed E-state index contributed by atoms with van der Waals surface area (Å²) in [5, 5.41) is 3.96. The van der Waals surface area contributed by atoms with E-state index >= 15 is 0 Å². The number of methoxy groups -OCH3 is 1. The zero-order chi connectivity index (χ0) is 15.1. The Morgan fingerprint density at radius 1 is 1.40 bits per heavy atom. The smallest absolute Gasteiger partial charge is 0.182 e. The van der Waals surface area contributed by atoms with Crippen LogP contribution in [0.5, 0.6) is 5.75 Å². The molecule has 6 nitrogen and oxygen atoms in total. The van der Waals surface area contributed by atoms with E-state index in [1.807, 2.05) is 0 Å². The zero-order valence-corrected chi connectivity index (χ0v) is 12.0. The Morgan fingerprint density at radius 3 is 2.50 bits per heavy atom. The summed E-state index contributed by atoms with van der Waals surface area (Å²) in [7, 11) is -0.804. The molecule has 2 aromatic rings. The molecule has 0 amide bonds. The van der Waals surface area contributed by atoms with Gasteiger partial charge in [0.05, 0.1) is 13.3 Å². The molecule has 0 spiro atoms. The molecule has 20 heavy (non-hydrogen) atoms. The molecule has 0 saturated carbocycles. The lowest BCUT2D eigenvalue weighted by atomic mass is 10.1. The first-order valence-corrected chi connectivity index (χ1v) is 7.50. The molecule has 0 radical (unpaired) electrons. The Kier molecular flexibility index (Phi) is 3.43. The van der Waals surface area contributed by atoms with Gasteiger partial charge in [-0.25, -0.2) is 12.8 Å². The average Bonchev–Trinajstić information content (AvgIpc) is 2.67. The second-order valence-electron chi connectivity index (χ2n) is 4.33. The molecule has 0 unspecified atom stereocenters. The first-order valence-electron chi connectivity index (χ1n) is 5.61. The summed E-state index contributed by atoms with van der Waals surface area (Å²) in [4.78, 5) is -0.466. The van der Waals surface area contributed by atoms with Gasteiger partial charge in [0, 0.05) is 18.9 Å². The third-order valence-corrected chi connectivity index (χ3v) is 4.03. The van der Waals surface area contributed by atoms with Crippen molar-refractivity contribution in [2.75, 3.05) is 19.1 Å². The van der Waals surface area contributed by atoms with Gasteiger partial charge in [0.2, 0.25) is 0 Å². The maximum Gasteiger partial charge on any atom is 0.182 e. The van der Waals surface area contributed by atoms with Crippen molar-refractivity contribution in [2.45, 2.75) is 4.90 Å². The number of benzene rings is 1. The maximum absolute atomic E-state index is 14.1. The lowest BCUT2D eigenvalue weighted by molar-refractivity contribution is 0.395. The zero-order valence-electron chi connectivity index (χ0n) is 11.2. The van der Waals surface area contributed by atoms with Crippen molar-refractivity contribution in [3.05, 3.63) is 24.1 Å². The predicted molar refractivity (Wildman–Crippen MR) is 72.7 cm³/mol. The molecule has 0 aliphatic rings. The van der Waals surface area contributed by atoms with E-state index in [1.54, 1.807) is 7.05 Å². The molecule has 1 aromatic carbocycles. The van der Waals surface area contributed by atoms with Crippen molar-refractivity contribution in [3.8, 4) is 16.9 Å². The minimum atomic E-state index is -3.73. The van der Waals surface area contributed by atoms with Crippen LogP contribution in [0.2, 0.25) is 0 Å². The van der Waals surface area contributed by atoms with Crippen LogP contribution in [0.1, 0.15) is 0 Å². The molecule has 0 aliphatic carbocycles. The summed E-state index contributed by atoms with van der Waals surface area (Å²) >= 11 is 0. The Balaban J connectivity index is 2.71. The van der Waals surface area contributed by atoms with Crippen LogP contribution in [-0.4, -0.2) is 31.6 Å². The van der Waals surface area contributed by atoms with Crippen molar-refractivity contribution < 1.29 is 17.5 Å². The van der Waals surface area contributed by atoms with Gasteiger partial charge in [-0.1, -0.05) is 0 Å². The summed E-state index contributed by atoms with van der Waals surface area (Å²) in [6.45, 7) is 0. The van der Waals surface area contributed by atoms with E-state index in [4.69, 9.17) is 10.5 Å². The van der Waals surface area contributed by atoms with Crippen LogP contribution in [0.25, 0.3) is 11.1 Å². The van der Waals surface area contributed by atoms with Crippen molar-refractivity contribution in [1.29, 1.82) is 0 Å². The van der Waals surface area contributed by atoms with E-state index in [0.29, 0.717) is 16.9 Å². The van der Waals surface area contributed by atoms with Gasteiger partial charge in [0.1, 0.15) is 22.3 Å². The highest BCUT2D eigenvalue weighted by Crippen LogP contribution is 2.34. The minimum absolute atomic E-state index is 0.0641. The van der Waals surface area contributed by atoms with Gasteiger partial charge in [-0.05, 0) is 17.7 Å². The number of anilines is 1. The number of sulfone groups is 1. The second-order valence-corrected chi connectivity index (χ2v) is 6.28. The minimum Gasteiger partial charge on any atom is -0.495 e. The summed E-state index contributed by atoms with van der Waals surface area (Å²) in [5.41, 5.74) is 6.72. The number of ether oxygens (including phenoxy) is 1. The number of hydrogen-bond acceptors (Lipinski definition) is 5. The highest BCUT2D eigenvalue weighted by molar-refractivity contribution is 7.90. The van der Waals surface area contributed by atoms with Gasteiger partial charge in [-0.15, -0.1) is 0 Å². The first kappa shape index (κ1) is 14.3. The maximum atomic E-state index is 14.1. The van der Waals surface area contributed by atoms with Gasteiger partial charge in [0.25, 0.3) is 0 Å². The monoisotopic (exact) mass is 299 g/mol. The Hall–Kier alpha value is -2.09. The van der Waals surface area contributed by atoms with E-state index in [1.165, 1.54) is 24.1 Å². The molecule has 0 fully saturated rings. The van der Waals surface area contributed by atoms with E-state index in [0.717, 1.165) is 12.3 Å². The summed E-state index contributed by atoms with van der Waals surface area (Å²) in [6.07, 6.45) is 2.40. The fraction of sp³-hybridized carbons (Fsp3) is 0.250. The second kappa shape index (κ2) is 4.78. The number of nitrogen functional groups attached to an aromatic ring is 1. The number of halogens is 1. The Labute approximate surface area is 115 Å².